The van der Waals surface area contributed by atoms with Crippen LogP contribution in [0.1, 0.15) is 40.9 Å². The molecule has 1 amide bonds. The van der Waals surface area contributed by atoms with Gasteiger partial charge in [0.1, 0.15) is 23.1 Å². The van der Waals surface area contributed by atoms with Crippen LogP contribution in [0.15, 0.2) is 48.5 Å². The summed E-state index contributed by atoms with van der Waals surface area (Å²) in [6.07, 6.45) is 2.94. The number of benzene rings is 2. The Hall–Kier alpha value is -4.39. The molecule has 1 aromatic heterocycles. The number of carbonyl (C=O) groups is 1. The summed E-state index contributed by atoms with van der Waals surface area (Å²) < 4.78 is 1.53. The summed E-state index contributed by atoms with van der Waals surface area (Å²) >= 11 is 0. The molecule has 1 aliphatic carbocycles. The number of nitro groups is 1. The molecule has 3 aromatic rings. The number of aromatic nitrogens is 2. The molecule has 4 rings (SSSR count). The standard InChI is InChI=1S/C23H23N7O3/c24-14-18-19(28-29(22(18)25)17-5-2-1-3-6-17)7-4-12-26-23(31)15-8-11-20(27-16-9-10-16)21(13-15)30(32)33/h1-3,5-6,8,11,13,16,27H,4,7,9-10,12,25H2,(H,26,31). The fourth-order valence-corrected chi connectivity index (χ4v) is 3.49. The molecular formula is C23H23N7O3. The maximum Gasteiger partial charge on any atom is 0.293 e. The Balaban J connectivity index is 1.37. The SMILES string of the molecule is N#Cc1c(CCCNC(=O)c2ccc(NC3CC3)c([N+](=O)[O-])c2)nn(-c2ccccc2)c1N. The van der Waals surface area contributed by atoms with Gasteiger partial charge in [0, 0.05) is 24.2 Å². The van der Waals surface area contributed by atoms with Crippen molar-refractivity contribution < 1.29 is 9.72 Å². The van der Waals surface area contributed by atoms with Gasteiger partial charge in [-0.25, -0.2) is 4.68 Å². The summed E-state index contributed by atoms with van der Waals surface area (Å²) in [6, 6.07) is 16.1. The summed E-state index contributed by atoms with van der Waals surface area (Å²) in [7, 11) is 0. The number of nitro benzene ring substituents is 1. The molecule has 0 atom stereocenters. The minimum atomic E-state index is -0.488. The third-order valence-corrected chi connectivity index (χ3v) is 5.38. The minimum absolute atomic E-state index is 0.116. The van der Waals surface area contributed by atoms with Crippen LogP contribution in [0.25, 0.3) is 5.69 Å². The molecule has 4 N–H and O–H groups in total. The lowest BCUT2D eigenvalue weighted by Crippen LogP contribution is -2.25. The van der Waals surface area contributed by atoms with E-state index in [1.165, 1.54) is 10.7 Å². The monoisotopic (exact) mass is 445 g/mol. The second-order valence-corrected chi connectivity index (χ2v) is 7.83. The third kappa shape index (κ3) is 4.93. The van der Waals surface area contributed by atoms with E-state index in [9.17, 15) is 20.2 Å². The smallest absolute Gasteiger partial charge is 0.293 e. The zero-order valence-electron chi connectivity index (χ0n) is 17.8. The molecule has 2 aromatic carbocycles. The summed E-state index contributed by atoms with van der Waals surface area (Å²) in [5.41, 5.74) is 8.27. The van der Waals surface area contributed by atoms with Crippen LogP contribution in [-0.4, -0.2) is 33.2 Å². The number of nitrogens with two attached hydrogens (primary N) is 1. The van der Waals surface area contributed by atoms with Crippen LogP contribution in [0.2, 0.25) is 0 Å². The van der Waals surface area contributed by atoms with Crippen LogP contribution in [0.4, 0.5) is 17.2 Å². The lowest BCUT2D eigenvalue weighted by atomic mass is 10.1. The average molecular weight is 445 g/mol. The molecule has 0 saturated heterocycles. The molecule has 1 heterocycles. The molecule has 1 saturated carbocycles. The van der Waals surface area contributed by atoms with E-state index in [0.717, 1.165) is 18.5 Å². The van der Waals surface area contributed by atoms with Crippen molar-refractivity contribution in [2.75, 3.05) is 17.6 Å². The van der Waals surface area contributed by atoms with Crippen LogP contribution in [0.5, 0.6) is 0 Å². The van der Waals surface area contributed by atoms with E-state index in [1.807, 2.05) is 30.3 Å². The number of amides is 1. The molecular weight excluding hydrogens is 422 g/mol. The number of hydrogen-bond acceptors (Lipinski definition) is 7. The van der Waals surface area contributed by atoms with Crippen LogP contribution < -0.4 is 16.4 Å². The van der Waals surface area contributed by atoms with Crippen molar-refractivity contribution in [3.8, 4) is 11.8 Å². The van der Waals surface area contributed by atoms with Crippen molar-refractivity contribution in [1.29, 1.82) is 5.26 Å². The van der Waals surface area contributed by atoms with Crippen molar-refractivity contribution in [3.63, 3.8) is 0 Å². The molecule has 0 radical (unpaired) electrons. The fraction of sp³-hybridized carbons (Fsp3) is 0.261. The lowest BCUT2D eigenvalue weighted by molar-refractivity contribution is -0.384. The summed E-state index contributed by atoms with van der Waals surface area (Å²) in [5.74, 6) is -0.124. The van der Waals surface area contributed by atoms with E-state index >= 15 is 0 Å². The van der Waals surface area contributed by atoms with Crippen molar-refractivity contribution in [1.82, 2.24) is 15.1 Å². The third-order valence-electron chi connectivity index (χ3n) is 5.38. The predicted molar refractivity (Wildman–Crippen MR) is 123 cm³/mol. The van der Waals surface area contributed by atoms with E-state index in [1.54, 1.807) is 12.1 Å². The van der Waals surface area contributed by atoms with Gasteiger partial charge in [0.05, 0.1) is 16.3 Å². The number of nitrogen functional groups attached to an aromatic ring is 1. The highest BCUT2D eigenvalue weighted by Gasteiger charge is 2.25. The van der Waals surface area contributed by atoms with Crippen molar-refractivity contribution in [2.45, 2.75) is 31.7 Å². The van der Waals surface area contributed by atoms with Crippen molar-refractivity contribution in [3.05, 3.63) is 75.5 Å². The predicted octanol–water partition coefficient (Wildman–Crippen LogP) is 3.17. The molecule has 10 heteroatoms. The van der Waals surface area contributed by atoms with Crippen molar-refractivity contribution in [2.24, 2.45) is 0 Å². The molecule has 0 bridgehead atoms. The first-order valence-electron chi connectivity index (χ1n) is 10.6. The Bertz CT molecular complexity index is 1230. The van der Waals surface area contributed by atoms with Gasteiger partial charge in [-0.2, -0.15) is 10.4 Å². The summed E-state index contributed by atoms with van der Waals surface area (Å²) in [5, 5.41) is 31.2. The van der Waals surface area contributed by atoms with Crippen LogP contribution in [-0.2, 0) is 6.42 Å². The first-order chi connectivity index (χ1) is 16.0. The molecule has 1 fully saturated rings. The molecule has 1 aliphatic rings. The van der Waals surface area contributed by atoms with E-state index in [4.69, 9.17) is 5.73 Å². The normalized spacial score (nSPS) is 12.7. The number of hydrogen-bond donors (Lipinski definition) is 3. The van der Waals surface area contributed by atoms with E-state index in [2.05, 4.69) is 21.8 Å². The van der Waals surface area contributed by atoms with Gasteiger partial charge in [0.25, 0.3) is 11.6 Å². The Morgan fingerprint density at radius 3 is 2.70 bits per heavy atom. The molecule has 168 valence electrons. The summed E-state index contributed by atoms with van der Waals surface area (Å²) in [6.45, 7) is 0.317. The van der Waals surface area contributed by atoms with Gasteiger partial charge in [-0.05, 0) is 49.9 Å². The Morgan fingerprint density at radius 2 is 2.03 bits per heavy atom. The van der Waals surface area contributed by atoms with Crippen LogP contribution in [0.3, 0.4) is 0 Å². The molecule has 33 heavy (non-hydrogen) atoms. The number of nitrogens with one attached hydrogen (secondary N) is 2. The van der Waals surface area contributed by atoms with E-state index in [0.29, 0.717) is 36.3 Å². The number of anilines is 2. The average Bonchev–Trinajstić information content (AvgIpc) is 3.58. The van der Waals surface area contributed by atoms with Crippen LogP contribution >= 0.6 is 0 Å². The fourth-order valence-electron chi connectivity index (χ4n) is 3.49. The number of aryl methyl sites for hydroxylation is 1. The Kier molecular flexibility index (Phi) is 6.22. The van der Waals surface area contributed by atoms with Gasteiger partial charge in [-0.15, -0.1) is 0 Å². The number of rotatable bonds is 9. The first-order valence-corrected chi connectivity index (χ1v) is 10.6. The molecule has 0 unspecified atom stereocenters. The van der Waals surface area contributed by atoms with E-state index < -0.39 is 10.8 Å². The van der Waals surface area contributed by atoms with Gasteiger partial charge < -0.3 is 16.4 Å². The maximum absolute atomic E-state index is 12.5. The highest BCUT2D eigenvalue weighted by atomic mass is 16.6. The van der Waals surface area contributed by atoms with Gasteiger partial charge in [-0.1, -0.05) is 18.2 Å². The Labute approximate surface area is 190 Å². The number of carbonyl (C=O) groups excluding carboxylic acids is 1. The lowest BCUT2D eigenvalue weighted by Gasteiger charge is -2.08. The van der Waals surface area contributed by atoms with Crippen LogP contribution in [0, 0.1) is 21.4 Å². The second-order valence-electron chi connectivity index (χ2n) is 7.83. The quantitative estimate of drug-likeness (QED) is 0.260. The highest BCUT2D eigenvalue weighted by molar-refractivity contribution is 5.95. The van der Waals surface area contributed by atoms with Gasteiger partial charge in [0.2, 0.25) is 0 Å². The minimum Gasteiger partial charge on any atom is -0.382 e. The zero-order chi connectivity index (χ0) is 23.4. The second kappa shape index (κ2) is 9.40. The van der Waals surface area contributed by atoms with Gasteiger partial charge >= 0.3 is 0 Å². The zero-order valence-corrected chi connectivity index (χ0v) is 17.8. The molecule has 0 spiro atoms. The van der Waals surface area contributed by atoms with Crippen molar-refractivity contribution >= 4 is 23.1 Å². The number of para-hydroxylation sites is 1. The molecule has 0 aliphatic heterocycles. The number of nitriles is 1. The maximum atomic E-state index is 12.5. The van der Waals surface area contributed by atoms with Gasteiger partial charge in [0.15, 0.2) is 0 Å². The Morgan fingerprint density at radius 1 is 1.27 bits per heavy atom. The van der Waals surface area contributed by atoms with E-state index in [-0.39, 0.29) is 23.1 Å². The largest absolute Gasteiger partial charge is 0.382 e. The molecule has 10 nitrogen and oxygen atoms in total. The number of nitrogens with zero attached hydrogens (tertiary/aromatic N) is 4. The highest BCUT2D eigenvalue weighted by Crippen LogP contribution is 2.31. The topological polar surface area (TPSA) is 152 Å². The first kappa shape index (κ1) is 21.8. The summed E-state index contributed by atoms with van der Waals surface area (Å²) in [4.78, 5) is 23.4. The van der Waals surface area contributed by atoms with Gasteiger partial charge in [-0.3, -0.25) is 14.9 Å².